The summed E-state index contributed by atoms with van der Waals surface area (Å²) in [5.41, 5.74) is 19.0. The first kappa shape index (κ1) is 33.5. The number of benzene rings is 2. The molecule has 1 heterocycles. The summed E-state index contributed by atoms with van der Waals surface area (Å²) < 4.78 is 44.8. The monoisotopic (exact) mass is 591 g/mol. The van der Waals surface area contributed by atoms with Gasteiger partial charge in [0, 0.05) is 38.6 Å². The van der Waals surface area contributed by atoms with E-state index in [1.165, 1.54) is 17.0 Å². The molecule has 1 aliphatic heterocycles. The summed E-state index contributed by atoms with van der Waals surface area (Å²) in [6.07, 6.45) is -3.03. The first-order valence-electron chi connectivity index (χ1n) is 14.1. The van der Waals surface area contributed by atoms with E-state index in [1.54, 1.807) is 0 Å². The molecule has 0 saturated carbocycles. The number of nitrogens with one attached hydrogen (secondary N) is 1. The number of hydrogen-bond acceptors (Lipinski definition) is 7. The topological polar surface area (TPSA) is 157 Å². The van der Waals surface area contributed by atoms with Crippen LogP contribution in [0, 0.1) is 0 Å². The van der Waals surface area contributed by atoms with Gasteiger partial charge in [-0.3, -0.25) is 9.59 Å². The first-order chi connectivity index (χ1) is 19.7. The lowest BCUT2D eigenvalue weighted by Gasteiger charge is -2.24. The van der Waals surface area contributed by atoms with Gasteiger partial charge in [-0.25, -0.2) is 0 Å². The summed E-state index contributed by atoms with van der Waals surface area (Å²) >= 11 is 0. The van der Waals surface area contributed by atoms with Gasteiger partial charge in [0.25, 0.3) is 0 Å². The van der Waals surface area contributed by atoms with Crippen LogP contribution in [0.2, 0.25) is 0 Å². The Morgan fingerprint density at radius 2 is 1.67 bits per heavy atom. The fourth-order valence-electron chi connectivity index (χ4n) is 5.16. The van der Waals surface area contributed by atoms with Crippen LogP contribution in [0.5, 0.6) is 0 Å². The zero-order valence-corrected chi connectivity index (χ0v) is 24.1. The Kier molecular flexibility index (Phi) is 11.6. The zero-order chi connectivity index (χ0) is 31.1. The van der Waals surface area contributed by atoms with Gasteiger partial charge in [-0.15, -0.1) is 0 Å². The van der Waals surface area contributed by atoms with Crippen LogP contribution < -0.4 is 28.0 Å². The number of nitrogens with zero attached hydrogens (tertiary/aromatic N) is 1. The fourth-order valence-corrected chi connectivity index (χ4v) is 5.16. The molecule has 1 aliphatic rings. The Balaban J connectivity index is 1.69. The number of amides is 2. The molecule has 0 spiro atoms. The molecule has 42 heavy (non-hydrogen) atoms. The minimum absolute atomic E-state index is 0.0496. The number of hydrogen-bond donors (Lipinski definition) is 5. The molecule has 0 fully saturated rings. The standard InChI is InChI=1S/C29H41BF3N5O4/c1-28(2)23-10-6-20(18-24(23)30(41)42-28)5-9-22(17-19-3-7-21(8-4-19)29(31,32)33)37-27(40)25(36)11-12-26(39)38(15-13-34)16-14-35/h3-4,6-8,10,18,22,25,41H,5,9,11-17,34-36H2,1-2H3,(H,37,40)/t22-,25-/m0/s1. The van der Waals surface area contributed by atoms with E-state index >= 15 is 0 Å². The molecule has 0 aliphatic carbocycles. The molecular weight excluding hydrogens is 550 g/mol. The molecule has 0 radical (unpaired) electrons. The molecule has 8 N–H and O–H groups in total. The molecule has 0 unspecified atom stereocenters. The molecule has 13 heteroatoms. The highest BCUT2D eigenvalue weighted by Gasteiger charge is 2.40. The van der Waals surface area contributed by atoms with Gasteiger partial charge < -0.3 is 37.1 Å². The normalized spacial score (nSPS) is 15.7. The van der Waals surface area contributed by atoms with E-state index in [0.29, 0.717) is 37.0 Å². The number of nitrogens with two attached hydrogens (primary N) is 3. The molecule has 0 bridgehead atoms. The van der Waals surface area contributed by atoms with Gasteiger partial charge in [0.05, 0.1) is 17.2 Å². The number of carbonyl (C=O) groups excluding carboxylic acids is 2. The van der Waals surface area contributed by atoms with Gasteiger partial charge in [0.15, 0.2) is 0 Å². The van der Waals surface area contributed by atoms with Crippen molar-refractivity contribution in [3.8, 4) is 0 Å². The van der Waals surface area contributed by atoms with Crippen LogP contribution in [0.25, 0.3) is 0 Å². The average Bonchev–Trinajstić information content (AvgIpc) is 3.16. The number of alkyl halides is 3. The summed E-state index contributed by atoms with van der Waals surface area (Å²) in [6, 6.07) is 9.14. The van der Waals surface area contributed by atoms with Crippen molar-refractivity contribution in [1.29, 1.82) is 0 Å². The number of fused-ring (bicyclic) bond motifs is 1. The van der Waals surface area contributed by atoms with Crippen LogP contribution in [0.1, 0.15) is 55.4 Å². The highest BCUT2D eigenvalue weighted by atomic mass is 19.4. The molecule has 0 aromatic heterocycles. The van der Waals surface area contributed by atoms with Crippen molar-refractivity contribution in [2.75, 3.05) is 26.2 Å². The molecule has 2 amide bonds. The van der Waals surface area contributed by atoms with Crippen molar-refractivity contribution in [3.05, 3.63) is 64.7 Å². The third-order valence-corrected chi connectivity index (χ3v) is 7.48. The van der Waals surface area contributed by atoms with Crippen molar-refractivity contribution in [3.63, 3.8) is 0 Å². The van der Waals surface area contributed by atoms with E-state index in [4.69, 9.17) is 21.9 Å². The summed E-state index contributed by atoms with van der Waals surface area (Å²) in [7, 11) is -1.04. The van der Waals surface area contributed by atoms with E-state index in [0.717, 1.165) is 23.3 Å². The van der Waals surface area contributed by atoms with Gasteiger partial charge in [0.2, 0.25) is 11.8 Å². The van der Waals surface area contributed by atoms with Crippen molar-refractivity contribution in [2.45, 2.75) is 69.8 Å². The number of aryl methyl sites for hydroxylation is 1. The Morgan fingerprint density at radius 3 is 2.26 bits per heavy atom. The molecule has 9 nitrogen and oxygen atoms in total. The second-order valence-corrected chi connectivity index (χ2v) is 11.1. The zero-order valence-electron chi connectivity index (χ0n) is 24.1. The van der Waals surface area contributed by atoms with Gasteiger partial charge in [-0.2, -0.15) is 13.2 Å². The predicted molar refractivity (Wildman–Crippen MR) is 155 cm³/mol. The smallest absolute Gasteiger partial charge is 0.423 e. The maximum Gasteiger partial charge on any atom is 0.492 e. The Morgan fingerprint density at radius 1 is 1.05 bits per heavy atom. The highest BCUT2D eigenvalue weighted by molar-refractivity contribution is 6.62. The van der Waals surface area contributed by atoms with Crippen LogP contribution in [-0.2, 0) is 38.9 Å². The van der Waals surface area contributed by atoms with Crippen molar-refractivity contribution < 1.29 is 32.4 Å². The molecule has 0 saturated heterocycles. The molecule has 3 rings (SSSR count). The lowest BCUT2D eigenvalue weighted by Crippen LogP contribution is -2.47. The summed E-state index contributed by atoms with van der Waals surface area (Å²) in [5, 5.41) is 13.3. The maximum absolute atomic E-state index is 13.0. The Labute approximate surface area is 245 Å². The SMILES string of the molecule is CC1(C)OB(O)c2cc(CC[C@@H](Cc3ccc(C(F)(F)F)cc3)NC(=O)[C@@H](N)CCC(=O)N(CCN)CCN)ccc21. The fraction of sp³-hybridized carbons (Fsp3) is 0.517. The van der Waals surface area contributed by atoms with Crippen molar-refractivity contribution >= 4 is 24.4 Å². The van der Waals surface area contributed by atoms with Gasteiger partial charge >= 0.3 is 13.3 Å². The average molecular weight is 591 g/mol. The number of halogens is 3. The van der Waals surface area contributed by atoms with Gasteiger partial charge in [-0.05, 0) is 73.8 Å². The third-order valence-electron chi connectivity index (χ3n) is 7.48. The number of rotatable bonds is 14. The minimum atomic E-state index is -4.45. The van der Waals surface area contributed by atoms with Gasteiger partial charge in [0.1, 0.15) is 0 Å². The molecule has 230 valence electrons. The molecule has 2 aromatic rings. The minimum Gasteiger partial charge on any atom is -0.423 e. The summed E-state index contributed by atoms with van der Waals surface area (Å²) in [5.74, 6) is -0.648. The third kappa shape index (κ3) is 9.02. The lowest BCUT2D eigenvalue weighted by molar-refractivity contribution is -0.137. The largest absolute Gasteiger partial charge is 0.492 e. The van der Waals surface area contributed by atoms with Gasteiger partial charge in [-0.1, -0.05) is 30.3 Å². The van der Waals surface area contributed by atoms with Crippen LogP contribution in [0.3, 0.4) is 0 Å². The van der Waals surface area contributed by atoms with E-state index in [9.17, 15) is 27.8 Å². The summed E-state index contributed by atoms with van der Waals surface area (Å²) in [6.45, 7) is 5.05. The number of carbonyl (C=O) groups is 2. The summed E-state index contributed by atoms with van der Waals surface area (Å²) in [4.78, 5) is 27.1. The highest BCUT2D eigenvalue weighted by Crippen LogP contribution is 2.31. The lowest BCUT2D eigenvalue weighted by atomic mass is 9.77. The van der Waals surface area contributed by atoms with E-state index < -0.39 is 42.5 Å². The van der Waals surface area contributed by atoms with E-state index in [1.807, 2.05) is 32.0 Å². The Bertz CT molecular complexity index is 1210. The first-order valence-corrected chi connectivity index (χ1v) is 14.1. The van der Waals surface area contributed by atoms with E-state index in [2.05, 4.69) is 5.32 Å². The molecule has 2 aromatic carbocycles. The van der Waals surface area contributed by atoms with Crippen molar-refractivity contribution in [1.82, 2.24) is 10.2 Å². The van der Waals surface area contributed by atoms with Crippen LogP contribution in [0.15, 0.2) is 42.5 Å². The van der Waals surface area contributed by atoms with Crippen LogP contribution >= 0.6 is 0 Å². The molecular formula is C29H41BF3N5O4. The maximum atomic E-state index is 13.0. The van der Waals surface area contributed by atoms with Crippen molar-refractivity contribution in [2.24, 2.45) is 17.2 Å². The van der Waals surface area contributed by atoms with Crippen LogP contribution in [-0.4, -0.2) is 67.1 Å². The predicted octanol–water partition coefficient (Wildman–Crippen LogP) is 1.17. The van der Waals surface area contributed by atoms with Crippen LogP contribution in [0.4, 0.5) is 13.2 Å². The Hall–Kier alpha value is -2.97. The second-order valence-electron chi connectivity index (χ2n) is 11.1. The second kappa shape index (κ2) is 14.5. The molecule has 2 atom stereocenters. The van der Waals surface area contributed by atoms with E-state index in [-0.39, 0.29) is 38.3 Å². The quantitative estimate of drug-likeness (QED) is 0.207.